The first kappa shape index (κ1) is 13.6. The topological polar surface area (TPSA) is 95.5 Å². The molecule has 0 unspecified atom stereocenters. The lowest BCUT2D eigenvalue weighted by Crippen LogP contribution is -2.15. The second kappa shape index (κ2) is 5.24. The third-order valence-electron chi connectivity index (χ3n) is 1.86. The van der Waals surface area contributed by atoms with Crippen LogP contribution < -0.4 is 10.0 Å². The highest BCUT2D eigenvalue weighted by Crippen LogP contribution is 2.26. The molecule has 8 heteroatoms. The van der Waals surface area contributed by atoms with E-state index in [1.807, 2.05) is 0 Å². The molecular formula is C9H11ClN2O4S. The number of hydrogen-bond acceptors (Lipinski definition) is 3. The average molecular weight is 279 g/mol. The molecule has 1 aromatic carbocycles. The number of benzene rings is 1. The van der Waals surface area contributed by atoms with Crippen molar-refractivity contribution in [2.75, 3.05) is 15.8 Å². The summed E-state index contributed by atoms with van der Waals surface area (Å²) in [5.74, 6) is -0.0973. The Kier molecular flexibility index (Phi) is 4.19. The van der Waals surface area contributed by atoms with Crippen molar-refractivity contribution in [3.63, 3.8) is 0 Å². The van der Waals surface area contributed by atoms with E-state index in [0.717, 1.165) is 0 Å². The van der Waals surface area contributed by atoms with Gasteiger partial charge in [-0.3, -0.25) is 10.0 Å². The number of carboxylic acid groups (broad SMARTS) is 1. The molecule has 1 amide bonds. The molecule has 1 rings (SSSR count). The van der Waals surface area contributed by atoms with E-state index < -0.39 is 16.1 Å². The molecule has 0 saturated carbocycles. The molecule has 0 atom stereocenters. The van der Waals surface area contributed by atoms with Gasteiger partial charge >= 0.3 is 6.09 Å². The Labute approximate surface area is 104 Å². The summed E-state index contributed by atoms with van der Waals surface area (Å²) in [6.45, 7) is 1.48. The molecule has 0 aliphatic rings. The minimum atomic E-state index is -3.45. The summed E-state index contributed by atoms with van der Waals surface area (Å²) in [6.07, 6.45) is -1.24. The third kappa shape index (κ3) is 4.12. The lowest BCUT2D eigenvalue weighted by atomic mass is 10.3. The van der Waals surface area contributed by atoms with Gasteiger partial charge in [-0.05, 0) is 25.1 Å². The molecular weight excluding hydrogens is 268 g/mol. The minimum absolute atomic E-state index is 0.0973. The molecule has 0 fully saturated rings. The first-order chi connectivity index (χ1) is 7.84. The number of amides is 1. The van der Waals surface area contributed by atoms with Crippen LogP contribution in [0.1, 0.15) is 6.92 Å². The van der Waals surface area contributed by atoms with Crippen molar-refractivity contribution in [2.45, 2.75) is 6.92 Å². The van der Waals surface area contributed by atoms with E-state index in [4.69, 9.17) is 16.7 Å². The van der Waals surface area contributed by atoms with Crippen molar-refractivity contribution < 1.29 is 18.3 Å². The van der Waals surface area contributed by atoms with Gasteiger partial charge in [-0.1, -0.05) is 11.6 Å². The molecule has 0 bridgehead atoms. The van der Waals surface area contributed by atoms with Gasteiger partial charge in [0.05, 0.1) is 16.5 Å². The first-order valence-electron chi connectivity index (χ1n) is 4.64. The number of sulfonamides is 1. The zero-order valence-corrected chi connectivity index (χ0v) is 10.5. The summed E-state index contributed by atoms with van der Waals surface area (Å²) >= 11 is 5.79. The van der Waals surface area contributed by atoms with Crippen LogP contribution in [0.4, 0.5) is 16.2 Å². The van der Waals surface area contributed by atoms with E-state index in [0.29, 0.717) is 0 Å². The van der Waals surface area contributed by atoms with Gasteiger partial charge in [0.25, 0.3) is 0 Å². The van der Waals surface area contributed by atoms with Crippen molar-refractivity contribution in [2.24, 2.45) is 0 Å². The largest absolute Gasteiger partial charge is 0.465 e. The summed E-state index contributed by atoms with van der Waals surface area (Å²) in [5.41, 5.74) is 0.371. The highest BCUT2D eigenvalue weighted by molar-refractivity contribution is 7.92. The fourth-order valence-corrected chi connectivity index (χ4v) is 1.91. The highest BCUT2D eigenvalue weighted by Gasteiger charge is 2.11. The molecule has 1 aromatic rings. The van der Waals surface area contributed by atoms with Gasteiger partial charge in [0.1, 0.15) is 0 Å². The van der Waals surface area contributed by atoms with E-state index in [1.54, 1.807) is 0 Å². The van der Waals surface area contributed by atoms with E-state index in [9.17, 15) is 13.2 Å². The predicted molar refractivity (Wildman–Crippen MR) is 66.2 cm³/mol. The number of nitrogens with one attached hydrogen (secondary N) is 2. The van der Waals surface area contributed by atoms with Gasteiger partial charge in [-0.2, -0.15) is 0 Å². The summed E-state index contributed by atoms with van der Waals surface area (Å²) in [4.78, 5) is 10.4. The molecule has 3 N–H and O–H groups in total. The van der Waals surface area contributed by atoms with Crippen LogP contribution in [-0.2, 0) is 10.0 Å². The van der Waals surface area contributed by atoms with Crippen LogP contribution >= 0.6 is 11.6 Å². The van der Waals surface area contributed by atoms with Gasteiger partial charge in [-0.25, -0.2) is 13.2 Å². The van der Waals surface area contributed by atoms with Crippen molar-refractivity contribution in [3.8, 4) is 0 Å². The molecule has 17 heavy (non-hydrogen) atoms. The smallest absolute Gasteiger partial charge is 0.409 e. The second-order valence-corrected chi connectivity index (χ2v) is 5.55. The molecule has 0 saturated heterocycles. The number of carbonyl (C=O) groups is 1. The van der Waals surface area contributed by atoms with E-state index in [-0.39, 0.29) is 22.2 Å². The van der Waals surface area contributed by atoms with Crippen LogP contribution in [0.5, 0.6) is 0 Å². The van der Waals surface area contributed by atoms with E-state index in [2.05, 4.69) is 10.0 Å². The molecule has 0 radical (unpaired) electrons. The third-order valence-corrected chi connectivity index (χ3v) is 3.48. The van der Waals surface area contributed by atoms with Crippen LogP contribution in [0.25, 0.3) is 0 Å². The maximum atomic E-state index is 11.3. The fourth-order valence-electron chi connectivity index (χ4n) is 1.04. The van der Waals surface area contributed by atoms with Crippen LogP contribution in [0.15, 0.2) is 18.2 Å². The Morgan fingerprint density at radius 2 is 2.12 bits per heavy atom. The number of halogens is 1. The SMILES string of the molecule is CCS(=O)(=O)Nc1cc(NC(=O)O)ccc1Cl. The molecule has 6 nitrogen and oxygen atoms in total. The normalized spacial score (nSPS) is 10.9. The van der Waals surface area contributed by atoms with Crippen molar-refractivity contribution in [1.29, 1.82) is 0 Å². The minimum Gasteiger partial charge on any atom is -0.465 e. The lowest BCUT2D eigenvalue weighted by Gasteiger charge is -2.09. The maximum Gasteiger partial charge on any atom is 0.409 e. The highest BCUT2D eigenvalue weighted by atomic mass is 35.5. The van der Waals surface area contributed by atoms with Crippen LogP contribution in [0.2, 0.25) is 5.02 Å². The van der Waals surface area contributed by atoms with Crippen LogP contribution in [0.3, 0.4) is 0 Å². The van der Waals surface area contributed by atoms with Crippen LogP contribution in [-0.4, -0.2) is 25.4 Å². The lowest BCUT2D eigenvalue weighted by molar-refractivity contribution is 0.210. The molecule has 0 spiro atoms. The Balaban J connectivity index is 3.03. The standard InChI is InChI=1S/C9H11ClN2O4S/c1-2-17(15,16)12-8-5-6(11-9(13)14)3-4-7(8)10/h3-5,11-12H,2H2,1H3,(H,13,14). The summed E-state index contributed by atoms with van der Waals surface area (Å²) < 4.78 is 25.0. The summed E-state index contributed by atoms with van der Waals surface area (Å²) in [7, 11) is -3.45. The van der Waals surface area contributed by atoms with E-state index >= 15 is 0 Å². The zero-order chi connectivity index (χ0) is 13.1. The number of anilines is 2. The van der Waals surface area contributed by atoms with Crippen molar-refractivity contribution in [3.05, 3.63) is 23.2 Å². The maximum absolute atomic E-state index is 11.3. The molecule has 94 valence electrons. The summed E-state index contributed by atoms with van der Waals surface area (Å²) in [6, 6.07) is 4.14. The molecule has 0 aromatic heterocycles. The fraction of sp³-hybridized carbons (Fsp3) is 0.222. The monoisotopic (exact) mass is 278 g/mol. The van der Waals surface area contributed by atoms with Crippen LogP contribution in [0, 0.1) is 0 Å². The molecule has 0 heterocycles. The molecule has 0 aliphatic carbocycles. The number of rotatable bonds is 4. The zero-order valence-electron chi connectivity index (χ0n) is 8.90. The van der Waals surface area contributed by atoms with Crippen molar-refractivity contribution in [1.82, 2.24) is 0 Å². The average Bonchev–Trinajstić information content (AvgIpc) is 2.22. The van der Waals surface area contributed by atoms with Gasteiger partial charge in [-0.15, -0.1) is 0 Å². The van der Waals surface area contributed by atoms with Gasteiger partial charge < -0.3 is 5.11 Å². The van der Waals surface area contributed by atoms with E-state index in [1.165, 1.54) is 25.1 Å². The quantitative estimate of drug-likeness (QED) is 0.787. The Morgan fingerprint density at radius 3 is 2.65 bits per heavy atom. The summed E-state index contributed by atoms with van der Waals surface area (Å²) in [5, 5.41) is 10.8. The van der Waals surface area contributed by atoms with Gasteiger partial charge in [0, 0.05) is 5.69 Å². The number of hydrogen-bond donors (Lipinski definition) is 3. The van der Waals surface area contributed by atoms with Crippen molar-refractivity contribution >= 4 is 39.1 Å². The van der Waals surface area contributed by atoms with Gasteiger partial charge in [0.15, 0.2) is 0 Å². The Morgan fingerprint density at radius 1 is 1.47 bits per heavy atom. The molecule has 0 aliphatic heterocycles. The Bertz CT molecular complexity index is 530. The second-order valence-electron chi connectivity index (χ2n) is 3.13. The van der Waals surface area contributed by atoms with Gasteiger partial charge in [0.2, 0.25) is 10.0 Å². The first-order valence-corrected chi connectivity index (χ1v) is 6.67. The Hall–Kier alpha value is -1.47. The predicted octanol–water partition coefficient (Wildman–Crippen LogP) is 2.19.